The first-order valence-corrected chi connectivity index (χ1v) is 9.60. The number of pyridine rings is 1. The quantitative estimate of drug-likeness (QED) is 0.495. The maximum Gasteiger partial charge on any atom is 0.184 e. The molecule has 0 radical (unpaired) electrons. The minimum Gasteiger partial charge on any atom is -0.357 e. The van der Waals surface area contributed by atoms with Gasteiger partial charge in [-0.25, -0.2) is 9.97 Å². The molecule has 0 bridgehead atoms. The number of aromatic nitrogens is 5. The molecule has 0 saturated carbocycles. The first-order valence-electron chi connectivity index (χ1n) is 8.85. The van der Waals surface area contributed by atoms with Crippen molar-refractivity contribution in [2.45, 2.75) is 19.8 Å². The maximum atomic E-state index is 6.45. The molecule has 1 aliphatic heterocycles. The summed E-state index contributed by atoms with van der Waals surface area (Å²) >= 11 is 12.7. The molecule has 1 fully saturated rings. The molecule has 4 heterocycles. The number of anilines is 1. The first-order chi connectivity index (χ1) is 13.1. The third-order valence-corrected chi connectivity index (χ3v) is 5.49. The predicted octanol–water partition coefficient (Wildman–Crippen LogP) is 4.55. The Morgan fingerprint density at radius 2 is 1.74 bits per heavy atom. The number of benzene rings is 1. The zero-order valence-electron chi connectivity index (χ0n) is 14.7. The Balaban J connectivity index is 1.83. The van der Waals surface area contributed by atoms with Gasteiger partial charge >= 0.3 is 0 Å². The van der Waals surface area contributed by atoms with Crippen molar-refractivity contribution in [3.05, 3.63) is 46.1 Å². The van der Waals surface area contributed by atoms with Crippen LogP contribution in [0.25, 0.3) is 28.2 Å². The van der Waals surface area contributed by atoms with Crippen LogP contribution in [0.15, 0.2) is 30.3 Å². The van der Waals surface area contributed by atoms with Gasteiger partial charge in [0, 0.05) is 23.7 Å². The third-order valence-electron chi connectivity index (χ3n) is 4.92. The van der Waals surface area contributed by atoms with E-state index in [0.29, 0.717) is 27.0 Å². The standard InChI is InChI=1S/C19H16Cl2N6/c1-11-17-25-24-15-6-7-16(26-8-2-3-9-26)23-19(15)27(17)18(22-11)13-10-12(20)4-5-14(13)21/h4-7,10H,2-3,8-9H2,1H3. The molecule has 5 rings (SSSR count). The fourth-order valence-electron chi connectivity index (χ4n) is 3.59. The van der Waals surface area contributed by atoms with Crippen LogP contribution in [-0.2, 0) is 0 Å². The van der Waals surface area contributed by atoms with Crippen molar-refractivity contribution < 1.29 is 0 Å². The van der Waals surface area contributed by atoms with E-state index in [-0.39, 0.29) is 0 Å². The molecule has 1 aliphatic rings. The van der Waals surface area contributed by atoms with Crippen LogP contribution in [0.5, 0.6) is 0 Å². The van der Waals surface area contributed by atoms with E-state index in [4.69, 9.17) is 33.2 Å². The Morgan fingerprint density at radius 1 is 0.926 bits per heavy atom. The van der Waals surface area contributed by atoms with Gasteiger partial charge in [-0.2, -0.15) is 0 Å². The Hall–Kier alpha value is -2.44. The van der Waals surface area contributed by atoms with Crippen LogP contribution in [0, 0.1) is 6.92 Å². The van der Waals surface area contributed by atoms with Gasteiger partial charge in [0.1, 0.15) is 17.2 Å². The number of fused-ring (bicyclic) bond motifs is 3. The van der Waals surface area contributed by atoms with E-state index in [1.165, 1.54) is 12.8 Å². The highest BCUT2D eigenvalue weighted by atomic mass is 35.5. The summed E-state index contributed by atoms with van der Waals surface area (Å²) in [6.45, 7) is 3.95. The lowest BCUT2D eigenvalue weighted by Crippen LogP contribution is -2.19. The zero-order valence-corrected chi connectivity index (χ0v) is 16.2. The first kappa shape index (κ1) is 16.7. The monoisotopic (exact) mass is 398 g/mol. The smallest absolute Gasteiger partial charge is 0.184 e. The molecular weight excluding hydrogens is 383 g/mol. The van der Waals surface area contributed by atoms with Crippen molar-refractivity contribution in [1.29, 1.82) is 0 Å². The highest BCUT2D eigenvalue weighted by molar-refractivity contribution is 6.35. The summed E-state index contributed by atoms with van der Waals surface area (Å²) in [7, 11) is 0. The molecule has 0 N–H and O–H groups in total. The molecule has 136 valence electrons. The largest absolute Gasteiger partial charge is 0.357 e. The minimum absolute atomic E-state index is 0.576. The summed E-state index contributed by atoms with van der Waals surface area (Å²) in [5, 5.41) is 9.86. The molecule has 1 saturated heterocycles. The number of hydrogen-bond acceptors (Lipinski definition) is 5. The Bertz CT molecular complexity index is 1180. The van der Waals surface area contributed by atoms with Crippen LogP contribution in [-0.4, -0.2) is 37.7 Å². The van der Waals surface area contributed by atoms with E-state index in [1.54, 1.807) is 12.1 Å². The summed E-state index contributed by atoms with van der Waals surface area (Å²) < 4.78 is 1.93. The maximum absolute atomic E-state index is 6.45. The van der Waals surface area contributed by atoms with Crippen LogP contribution in [0.3, 0.4) is 0 Å². The van der Waals surface area contributed by atoms with E-state index < -0.39 is 0 Å². The molecule has 27 heavy (non-hydrogen) atoms. The zero-order chi connectivity index (χ0) is 18.5. The van der Waals surface area contributed by atoms with Gasteiger partial charge in [-0.3, -0.25) is 4.40 Å². The van der Waals surface area contributed by atoms with Gasteiger partial charge < -0.3 is 4.90 Å². The van der Waals surface area contributed by atoms with Gasteiger partial charge in [0.25, 0.3) is 0 Å². The average molecular weight is 399 g/mol. The Labute approximate surface area is 165 Å². The van der Waals surface area contributed by atoms with E-state index in [0.717, 1.165) is 35.8 Å². The van der Waals surface area contributed by atoms with Crippen molar-refractivity contribution in [2.24, 2.45) is 0 Å². The fraction of sp³-hybridized carbons (Fsp3) is 0.263. The summed E-state index contributed by atoms with van der Waals surface area (Å²) in [5.41, 5.74) is 3.61. The molecule has 1 aromatic carbocycles. The molecular formula is C19H16Cl2N6. The van der Waals surface area contributed by atoms with Crippen molar-refractivity contribution in [2.75, 3.05) is 18.0 Å². The lowest BCUT2D eigenvalue weighted by atomic mass is 10.2. The number of nitrogens with zero attached hydrogens (tertiary/aromatic N) is 6. The lowest BCUT2D eigenvalue weighted by Gasteiger charge is -2.16. The second-order valence-corrected chi connectivity index (χ2v) is 7.55. The average Bonchev–Trinajstić information content (AvgIpc) is 3.32. The van der Waals surface area contributed by atoms with E-state index in [2.05, 4.69) is 15.1 Å². The summed E-state index contributed by atoms with van der Waals surface area (Å²) in [6.07, 6.45) is 2.38. The van der Waals surface area contributed by atoms with Crippen LogP contribution < -0.4 is 4.90 Å². The minimum atomic E-state index is 0.576. The van der Waals surface area contributed by atoms with E-state index in [1.807, 2.05) is 29.5 Å². The number of halogens is 2. The molecule has 3 aromatic heterocycles. The summed E-state index contributed by atoms with van der Waals surface area (Å²) in [6, 6.07) is 9.31. The highest BCUT2D eigenvalue weighted by Crippen LogP contribution is 2.32. The number of imidazole rings is 1. The molecule has 0 unspecified atom stereocenters. The summed E-state index contributed by atoms with van der Waals surface area (Å²) in [5.74, 6) is 1.62. The Kier molecular flexibility index (Phi) is 3.91. The molecule has 4 aromatic rings. The number of hydrogen-bond donors (Lipinski definition) is 0. The molecule has 8 heteroatoms. The van der Waals surface area contributed by atoms with Crippen molar-refractivity contribution in [3.63, 3.8) is 0 Å². The number of rotatable bonds is 2. The lowest BCUT2D eigenvalue weighted by molar-refractivity contribution is 0.933. The molecule has 0 atom stereocenters. The van der Waals surface area contributed by atoms with Gasteiger partial charge in [-0.05, 0) is 50.1 Å². The molecule has 0 aliphatic carbocycles. The third kappa shape index (κ3) is 2.71. The summed E-state index contributed by atoms with van der Waals surface area (Å²) in [4.78, 5) is 11.9. The van der Waals surface area contributed by atoms with Crippen molar-refractivity contribution >= 4 is 45.8 Å². The van der Waals surface area contributed by atoms with Gasteiger partial charge in [0.15, 0.2) is 11.3 Å². The topological polar surface area (TPSA) is 59.2 Å². The van der Waals surface area contributed by atoms with E-state index >= 15 is 0 Å². The molecule has 0 amide bonds. The van der Waals surface area contributed by atoms with E-state index in [9.17, 15) is 0 Å². The van der Waals surface area contributed by atoms with Crippen LogP contribution in [0.4, 0.5) is 5.82 Å². The fourth-order valence-corrected chi connectivity index (χ4v) is 3.96. The van der Waals surface area contributed by atoms with Gasteiger partial charge in [0.05, 0.1) is 10.7 Å². The van der Waals surface area contributed by atoms with Gasteiger partial charge in [-0.15, -0.1) is 10.2 Å². The SMILES string of the molecule is Cc1nc(-c2cc(Cl)ccc2Cl)n2c1nnc1ccc(N3CCCC3)nc12. The molecule has 6 nitrogen and oxygen atoms in total. The second kappa shape index (κ2) is 6.32. The van der Waals surface area contributed by atoms with Crippen LogP contribution >= 0.6 is 23.2 Å². The van der Waals surface area contributed by atoms with Crippen molar-refractivity contribution in [1.82, 2.24) is 24.6 Å². The van der Waals surface area contributed by atoms with Gasteiger partial charge in [-0.1, -0.05) is 23.2 Å². The Morgan fingerprint density at radius 3 is 2.56 bits per heavy atom. The normalized spacial score (nSPS) is 14.6. The van der Waals surface area contributed by atoms with Crippen molar-refractivity contribution in [3.8, 4) is 11.4 Å². The van der Waals surface area contributed by atoms with Crippen LogP contribution in [0.2, 0.25) is 10.0 Å². The predicted molar refractivity (Wildman–Crippen MR) is 108 cm³/mol. The second-order valence-electron chi connectivity index (χ2n) is 6.71. The number of aryl methyl sites for hydroxylation is 1. The molecule has 0 spiro atoms. The van der Waals surface area contributed by atoms with Gasteiger partial charge in [0.2, 0.25) is 0 Å². The highest BCUT2D eigenvalue weighted by Gasteiger charge is 2.20. The van der Waals surface area contributed by atoms with Crippen LogP contribution in [0.1, 0.15) is 18.5 Å².